The number of likely N-dealkylation sites (N-methyl/N-ethyl adjacent to an activating group) is 1. The van der Waals surface area contributed by atoms with E-state index in [9.17, 15) is 9.59 Å². The van der Waals surface area contributed by atoms with Crippen molar-refractivity contribution in [3.8, 4) is 5.69 Å². The van der Waals surface area contributed by atoms with Crippen LogP contribution in [0.25, 0.3) is 5.69 Å². The van der Waals surface area contributed by atoms with Gasteiger partial charge in [0.15, 0.2) is 5.69 Å². The van der Waals surface area contributed by atoms with Crippen LogP contribution in [0.3, 0.4) is 0 Å². The number of nitrogens with one attached hydrogen (secondary N) is 1. The molecule has 1 amide bonds. The Morgan fingerprint density at radius 3 is 2.81 bits per heavy atom. The van der Waals surface area contributed by atoms with Crippen molar-refractivity contribution in [2.75, 3.05) is 13.1 Å². The summed E-state index contributed by atoms with van der Waals surface area (Å²) in [5, 5.41) is 19.8. The van der Waals surface area contributed by atoms with E-state index < -0.39 is 5.97 Å². The second-order valence-corrected chi connectivity index (χ2v) is 6.64. The molecule has 1 aromatic carbocycles. The summed E-state index contributed by atoms with van der Waals surface area (Å²) in [6, 6.07) is 8.03. The van der Waals surface area contributed by atoms with Crippen LogP contribution < -0.4 is 5.32 Å². The number of carbonyl (C=O) groups is 2. The number of nitrogens with zero attached hydrogens (tertiary/aromatic N) is 4. The third-order valence-electron chi connectivity index (χ3n) is 4.70. The molecule has 0 spiro atoms. The quantitative estimate of drug-likeness (QED) is 0.773. The molecule has 3 rings (SSSR count). The molecule has 1 heterocycles. The van der Waals surface area contributed by atoms with Gasteiger partial charge in [-0.3, -0.25) is 14.5 Å². The molecular weight excluding hydrogens is 334 g/mol. The summed E-state index contributed by atoms with van der Waals surface area (Å²) in [7, 11) is 0. The van der Waals surface area contributed by atoms with E-state index in [4.69, 9.17) is 5.11 Å². The predicted octanol–water partition coefficient (Wildman–Crippen LogP) is 1.24. The van der Waals surface area contributed by atoms with Crippen molar-refractivity contribution in [3.63, 3.8) is 0 Å². The van der Waals surface area contributed by atoms with Gasteiger partial charge in [-0.15, -0.1) is 5.10 Å². The zero-order chi connectivity index (χ0) is 18.7. The van der Waals surface area contributed by atoms with E-state index in [2.05, 4.69) is 15.6 Å². The van der Waals surface area contributed by atoms with Gasteiger partial charge in [-0.2, -0.15) is 0 Å². The van der Waals surface area contributed by atoms with Crippen molar-refractivity contribution in [2.45, 2.75) is 38.8 Å². The van der Waals surface area contributed by atoms with Gasteiger partial charge in [0.05, 0.1) is 18.4 Å². The number of hydrogen-bond acceptors (Lipinski definition) is 5. The fraction of sp³-hybridized carbons (Fsp3) is 0.444. The summed E-state index contributed by atoms with van der Waals surface area (Å²) in [5.41, 5.74) is 2.23. The molecule has 1 aliphatic carbocycles. The SMILES string of the molecule is CCN(CC(=O)O)C1CC(NC(=O)c2cn(-c3cccc(C)c3)nn2)C1. The molecule has 0 bridgehead atoms. The van der Waals surface area contributed by atoms with Gasteiger partial charge in [-0.1, -0.05) is 24.3 Å². The van der Waals surface area contributed by atoms with Crippen molar-refractivity contribution in [1.82, 2.24) is 25.2 Å². The molecule has 1 fully saturated rings. The number of hydrogen-bond donors (Lipinski definition) is 2. The lowest BCUT2D eigenvalue weighted by Crippen LogP contribution is -2.54. The van der Waals surface area contributed by atoms with E-state index in [0.717, 1.165) is 24.1 Å². The highest BCUT2D eigenvalue weighted by molar-refractivity contribution is 5.92. The van der Waals surface area contributed by atoms with Crippen LogP contribution in [0.15, 0.2) is 30.5 Å². The Labute approximate surface area is 151 Å². The Morgan fingerprint density at radius 2 is 2.15 bits per heavy atom. The summed E-state index contributed by atoms with van der Waals surface area (Å²) in [6.45, 7) is 4.65. The molecule has 0 saturated heterocycles. The van der Waals surface area contributed by atoms with Crippen molar-refractivity contribution in [2.24, 2.45) is 0 Å². The first-order valence-electron chi connectivity index (χ1n) is 8.72. The number of carboxylic acids is 1. The summed E-state index contributed by atoms with van der Waals surface area (Å²) in [4.78, 5) is 25.1. The lowest BCUT2D eigenvalue weighted by atomic mass is 9.85. The fourth-order valence-electron chi connectivity index (χ4n) is 3.20. The number of carbonyl (C=O) groups excluding carboxylic acids is 1. The smallest absolute Gasteiger partial charge is 0.317 e. The third kappa shape index (κ3) is 4.08. The second-order valence-electron chi connectivity index (χ2n) is 6.64. The molecule has 2 aromatic rings. The molecule has 8 nitrogen and oxygen atoms in total. The Hall–Kier alpha value is -2.74. The summed E-state index contributed by atoms with van der Waals surface area (Å²) in [5.74, 6) is -1.08. The Morgan fingerprint density at radius 1 is 1.38 bits per heavy atom. The van der Waals surface area contributed by atoms with E-state index in [0.29, 0.717) is 6.54 Å². The average Bonchev–Trinajstić information content (AvgIpc) is 3.06. The Balaban J connectivity index is 1.55. The van der Waals surface area contributed by atoms with Gasteiger partial charge in [0.1, 0.15) is 0 Å². The number of rotatable bonds is 7. The van der Waals surface area contributed by atoms with Gasteiger partial charge < -0.3 is 10.4 Å². The summed E-state index contributed by atoms with van der Waals surface area (Å²) in [6.07, 6.45) is 3.11. The highest BCUT2D eigenvalue weighted by Crippen LogP contribution is 2.25. The first kappa shape index (κ1) is 18.1. The molecule has 1 aliphatic rings. The molecule has 138 valence electrons. The molecule has 8 heteroatoms. The molecule has 1 saturated carbocycles. The number of carboxylic acid groups (broad SMARTS) is 1. The van der Waals surface area contributed by atoms with E-state index in [1.165, 1.54) is 0 Å². The molecule has 26 heavy (non-hydrogen) atoms. The van der Waals surface area contributed by atoms with Crippen LogP contribution in [-0.2, 0) is 4.79 Å². The number of aryl methyl sites for hydroxylation is 1. The minimum atomic E-state index is -0.827. The van der Waals surface area contributed by atoms with E-state index in [-0.39, 0.29) is 30.2 Å². The average molecular weight is 357 g/mol. The molecule has 2 N–H and O–H groups in total. The minimum absolute atomic E-state index is 0.0344. The number of amides is 1. The van der Waals surface area contributed by atoms with Crippen LogP contribution in [0.5, 0.6) is 0 Å². The highest BCUT2D eigenvalue weighted by Gasteiger charge is 2.35. The standard InChI is InChI=1S/C18H23N5O3/c1-3-22(11-17(24)25)15-8-13(9-15)19-18(26)16-10-23(21-20-16)14-6-4-5-12(2)7-14/h4-7,10,13,15H,3,8-9,11H2,1-2H3,(H,19,26)(H,24,25). The Kier molecular flexibility index (Phi) is 5.32. The first-order valence-corrected chi connectivity index (χ1v) is 8.72. The number of aromatic nitrogens is 3. The van der Waals surface area contributed by atoms with Crippen molar-refractivity contribution < 1.29 is 14.7 Å². The fourth-order valence-corrected chi connectivity index (χ4v) is 3.20. The second kappa shape index (κ2) is 7.65. The molecular formula is C18H23N5O3. The summed E-state index contributed by atoms with van der Waals surface area (Å²) < 4.78 is 1.58. The van der Waals surface area contributed by atoms with E-state index in [1.54, 1.807) is 10.9 Å². The van der Waals surface area contributed by atoms with Crippen LogP contribution in [0.4, 0.5) is 0 Å². The monoisotopic (exact) mass is 357 g/mol. The molecule has 0 atom stereocenters. The lowest BCUT2D eigenvalue weighted by molar-refractivity contribution is -0.139. The zero-order valence-corrected chi connectivity index (χ0v) is 14.9. The maximum atomic E-state index is 12.3. The van der Waals surface area contributed by atoms with Gasteiger partial charge in [0, 0.05) is 12.1 Å². The third-order valence-corrected chi connectivity index (χ3v) is 4.70. The number of aliphatic carboxylic acids is 1. The maximum Gasteiger partial charge on any atom is 0.317 e. The van der Waals surface area contributed by atoms with Gasteiger partial charge in [-0.05, 0) is 44.0 Å². The first-order chi connectivity index (χ1) is 12.5. The van der Waals surface area contributed by atoms with Gasteiger partial charge >= 0.3 is 5.97 Å². The zero-order valence-electron chi connectivity index (χ0n) is 14.9. The van der Waals surface area contributed by atoms with Gasteiger partial charge in [0.25, 0.3) is 5.91 Å². The normalized spacial score (nSPS) is 19.2. The predicted molar refractivity (Wildman–Crippen MR) is 95.3 cm³/mol. The maximum absolute atomic E-state index is 12.3. The van der Waals surface area contributed by atoms with Crippen LogP contribution in [0.1, 0.15) is 35.8 Å². The molecule has 0 unspecified atom stereocenters. The van der Waals surface area contributed by atoms with Crippen LogP contribution in [0.2, 0.25) is 0 Å². The summed E-state index contributed by atoms with van der Waals surface area (Å²) >= 11 is 0. The van der Waals surface area contributed by atoms with Gasteiger partial charge in [-0.25, -0.2) is 4.68 Å². The van der Waals surface area contributed by atoms with Crippen molar-refractivity contribution >= 4 is 11.9 Å². The van der Waals surface area contributed by atoms with E-state index >= 15 is 0 Å². The number of benzene rings is 1. The van der Waals surface area contributed by atoms with Crippen LogP contribution >= 0.6 is 0 Å². The molecule has 0 aliphatic heterocycles. The van der Waals surface area contributed by atoms with Crippen molar-refractivity contribution in [1.29, 1.82) is 0 Å². The molecule has 0 radical (unpaired) electrons. The molecule has 1 aromatic heterocycles. The topological polar surface area (TPSA) is 100 Å². The highest BCUT2D eigenvalue weighted by atomic mass is 16.4. The lowest BCUT2D eigenvalue weighted by Gasteiger charge is -2.42. The largest absolute Gasteiger partial charge is 0.480 e. The van der Waals surface area contributed by atoms with Crippen LogP contribution in [0, 0.1) is 6.92 Å². The Bertz CT molecular complexity index is 798. The van der Waals surface area contributed by atoms with Crippen molar-refractivity contribution in [3.05, 3.63) is 41.7 Å². The van der Waals surface area contributed by atoms with Gasteiger partial charge in [0.2, 0.25) is 0 Å². The van der Waals surface area contributed by atoms with E-state index in [1.807, 2.05) is 43.0 Å². The minimum Gasteiger partial charge on any atom is -0.480 e. The van der Waals surface area contributed by atoms with Crippen LogP contribution in [-0.4, -0.2) is 62.0 Å².